The molecule has 0 fully saturated rings. The van der Waals surface area contributed by atoms with Gasteiger partial charge < -0.3 is 5.32 Å². The van der Waals surface area contributed by atoms with Crippen LogP contribution in [-0.2, 0) is 14.8 Å². The molecular formula is C24H23FN2O3S. The van der Waals surface area contributed by atoms with Crippen molar-refractivity contribution in [1.29, 1.82) is 0 Å². The Morgan fingerprint density at radius 3 is 2.52 bits per heavy atom. The molecule has 0 aliphatic carbocycles. The predicted octanol–water partition coefficient (Wildman–Crippen LogP) is 4.50. The van der Waals surface area contributed by atoms with Gasteiger partial charge in [-0.15, -0.1) is 0 Å². The third kappa shape index (κ3) is 3.81. The third-order valence-electron chi connectivity index (χ3n) is 5.53. The van der Waals surface area contributed by atoms with Crippen LogP contribution in [-0.4, -0.2) is 20.9 Å². The van der Waals surface area contributed by atoms with Crippen LogP contribution < -0.4 is 9.62 Å². The van der Waals surface area contributed by atoms with Gasteiger partial charge in [-0.1, -0.05) is 42.0 Å². The highest BCUT2D eigenvalue weighted by Gasteiger charge is 2.36. The number of carbonyl (C=O) groups excluding carboxylic acids is 1. The Hall–Kier alpha value is -3.19. The van der Waals surface area contributed by atoms with Gasteiger partial charge in [0.1, 0.15) is 12.4 Å². The first kappa shape index (κ1) is 21.1. The number of nitrogens with one attached hydrogen (secondary N) is 1. The fourth-order valence-corrected chi connectivity index (χ4v) is 5.73. The van der Waals surface area contributed by atoms with Gasteiger partial charge in [-0.2, -0.15) is 0 Å². The first-order valence-corrected chi connectivity index (χ1v) is 11.4. The summed E-state index contributed by atoms with van der Waals surface area (Å²) in [6, 6.07) is 16.0. The molecule has 1 aliphatic heterocycles. The maximum Gasteiger partial charge on any atom is 0.265 e. The Kier molecular flexibility index (Phi) is 5.31. The van der Waals surface area contributed by atoms with E-state index in [0.29, 0.717) is 11.1 Å². The van der Waals surface area contributed by atoms with Crippen molar-refractivity contribution in [2.45, 2.75) is 31.7 Å². The van der Waals surface area contributed by atoms with Crippen LogP contribution in [0.25, 0.3) is 11.1 Å². The fraction of sp³-hybridized carbons (Fsp3) is 0.208. The van der Waals surface area contributed by atoms with Crippen LogP contribution in [0.1, 0.15) is 29.7 Å². The fourth-order valence-electron chi connectivity index (χ4n) is 4.08. The van der Waals surface area contributed by atoms with E-state index in [1.54, 1.807) is 18.2 Å². The number of carbonyl (C=O) groups is 1. The van der Waals surface area contributed by atoms with E-state index in [1.807, 2.05) is 39.0 Å². The number of sulfonamides is 1. The van der Waals surface area contributed by atoms with Gasteiger partial charge in [0, 0.05) is 11.1 Å². The lowest BCUT2D eigenvalue weighted by Crippen LogP contribution is -2.43. The lowest BCUT2D eigenvalue weighted by molar-refractivity contribution is -0.120. The minimum atomic E-state index is -3.97. The molecule has 3 aromatic rings. The molecule has 0 spiro atoms. The number of halogens is 1. The Morgan fingerprint density at radius 1 is 1.03 bits per heavy atom. The van der Waals surface area contributed by atoms with E-state index in [4.69, 9.17) is 0 Å². The molecule has 0 radical (unpaired) electrons. The van der Waals surface area contributed by atoms with Crippen LogP contribution in [0.3, 0.4) is 0 Å². The lowest BCUT2D eigenvalue weighted by Gasteiger charge is -2.32. The number of amides is 1. The minimum Gasteiger partial charge on any atom is -0.348 e. The quantitative estimate of drug-likeness (QED) is 0.652. The lowest BCUT2D eigenvalue weighted by atomic mass is 10.0. The molecule has 0 unspecified atom stereocenters. The molecule has 1 N–H and O–H groups in total. The van der Waals surface area contributed by atoms with Gasteiger partial charge >= 0.3 is 0 Å². The van der Waals surface area contributed by atoms with Crippen LogP contribution in [0.2, 0.25) is 0 Å². The van der Waals surface area contributed by atoms with Crippen LogP contribution >= 0.6 is 0 Å². The molecule has 0 saturated heterocycles. The highest BCUT2D eigenvalue weighted by atomic mass is 32.2. The number of anilines is 1. The topological polar surface area (TPSA) is 66.5 Å². The summed E-state index contributed by atoms with van der Waals surface area (Å²) in [5.41, 5.74) is 4.30. The molecule has 1 amide bonds. The van der Waals surface area contributed by atoms with Crippen LogP contribution in [0.5, 0.6) is 0 Å². The van der Waals surface area contributed by atoms with Crippen molar-refractivity contribution >= 4 is 21.6 Å². The summed E-state index contributed by atoms with van der Waals surface area (Å²) in [4.78, 5) is 12.9. The summed E-state index contributed by atoms with van der Waals surface area (Å²) in [5.74, 6) is -0.911. The molecule has 160 valence electrons. The number of benzene rings is 3. The summed E-state index contributed by atoms with van der Waals surface area (Å²) < 4.78 is 41.6. The zero-order valence-electron chi connectivity index (χ0n) is 17.5. The summed E-state index contributed by atoms with van der Waals surface area (Å²) in [6.45, 7) is 5.44. The number of fused-ring (bicyclic) bond motifs is 3. The second kappa shape index (κ2) is 7.81. The zero-order valence-corrected chi connectivity index (χ0v) is 18.3. The number of rotatable bonds is 4. The maximum atomic E-state index is 13.9. The van der Waals surface area contributed by atoms with Crippen molar-refractivity contribution in [3.05, 3.63) is 83.2 Å². The molecule has 1 atom stereocenters. The Labute approximate surface area is 181 Å². The molecule has 1 aliphatic rings. The molecule has 0 saturated carbocycles. The van der Waals surface area contributed by atoms with E-state index in [0.717, 1.165) is 21.0 Å². The summed E-state index contributed by atoms with van der Waals surface area (Å²) >= 11 is 0. The predicted molar refractivity (Wildman–Crippen MR) is 119 cm³/mol. The van der Waals surface area contributed by atoms with E-state index in [9.17, 15) is 17.6 Å². The highest BCUT2D eigenvalue weighted by molar-refractivity contribution is 7.93. The second-order valence-corrected chi connectivity index (χ2v) is 9.65. The molecule has 1 heterocycles. The maximum absolute atomic E-state index is 13.9. The van der Waals surface area contributed by atoms with Crippen molar-refractivity contribution in [3.63, 3.8) is 0 Å². The van der Waals surface area contributed by atoms with Gasteiger partial charge in [0.25, 0.3) is 10.0 Å². The van der Waals surface area contributed by atoms with Gasteiger partial charge in [-0.25, -0.2) is 12.8 Å². The first-order chi connectivity index (χ1) is 14.7. The van der Waals surface area contributed by atoms with Crippen LogP contribution in [0.15, 0.2) is 65.6 Å². The van der Waals surface area contributed by atoms with Gasteiger partial charge in [-0.3, -0.25) is 9.10 Å². The average Bonchev–Trinajstić information content (AvgIpc) is 2.71. The Balaban J connectivity index is 1.66. The largest absolute Gasteiger partial charge is 0.348 e. The van der Waals surface area contributed by atoms with E-state index in [-0.39, 0.29) is 16.6 Å². The molecular weight excluding hydrogens is 415 g/mol. The van der Waals surface area contributed by atoms with Gasteiger partial charge in [-0.05, 0) is 56.2 Å². The standard InChI is InChI=1S/C24H23FN2O3S/c1-15-8-10-19(16(2)12-15)17(3)26-24(28)14-27-22-11-9-18(25)13-21(22)20-6-4-5-7-23(20)31(27,29)30/h4-13,17H,14H2,1-3H3,(H,26,28)/t17-/m0/s1. The van der Waals surface area contributed by atoms with Gasteiger partial charge in [0.05, 0.1) is 16.6 Å². The SMILES string of the molecule is Cc1ccc([C@H](C)NC(=O)CN2c3ccc(F)cc3-c3ccccc3S2(=O)=O)c(C)c1. The molecule has 3 aromatic carbocycles. The van der Waals surface area contributed by atoms with Gasteiger partial charge in [0.2, 0.25) is 5.91 Å². The number of hydrogen-bond acceptors (Lipinski definition) is 3. The van der Waals surface area contributed by atoms with Crippen molar-refractivity contribution in [2.24, 2.45) is 0 Å². The summed E-state index contributed by atoms with van der Waals surface area (Å²) in [6.07, 6.45) is 0. The van der Waals surface area contributed by atoms with Crippen LogP contribution in [0.4, 0.5) is 10.1 Å². The molecule has 0 bridgehead atoms. The zero-order chi connectivity index (χ0) is 22.3. The number of hydrogen-bond donors (Lipinski definition) is 1. The highest BCUT2D eigenvalue weighted by Crippen LogP contribution is 2.43. The van der Waals surface area contributed by atoms with E-state index >= 15 is 0 Å². The molecule has 4 rings (SSSR count). The molecule has 5 nitrogen and oxygen atoms in total. The van der Waals surface area contributed by atoms with E-state index < -0.39 is 28.3 Å². The molecule has 31 heavy (non-hydrogen) atoms. The summed E-state index contributed by atoms with van der Waals surface area (Å²) in [5, 5.41) is 2.89. The Bertz CT molecular complexity index is 1290. The van der Waals surface area contributed by atoms with Crippen molar-refractivity contribution in [3.8, 4) is 11.1 Å². The number of nitrogens with zero attached hydrogens (tertiary/aromatic N) is 1. The molecule has 0 aromatic heterocycles. The molecule has 7 heteroatoms. The van der Waals surface area contributed by atoms with Crippen molar-refractivity contribution in [2.75, 3.05) is 10.8 Å². The van der Waals surface area contributed by atoms with Crippen molar-refractivity contribution < 1.29 is 17.6 Å². The third-order valence-corrected chi connectivity index (χ3v) is 7.35. The van der Waals surface area contributed by atoms with Crippen LogP contribution in [0, 0.1) is 19.7 Å². The second-order valence-electron chi connectivity index (χ2n) is 7.82. The van der Waals surface area contributed by atoms with E-state index in [1.165, 1.54) is 24.3 Å². The van der Waals surface area contributed by atoms with Crippen molar-refractivity contribution in [1.82, 2.24) is 5.32 Å². The Morgan fingerprint density at radius 2 is 1.77 bits per heavy atom. The minimum absolute atomic E-state index is 0.0586. The number of aryl methyl sites for hydroxylation is 2. The monoisotopic (exact) mass is 438 g/mol. The smallest absolute Gasteiger partial charge is 0.265 e. The van der Waals surface area contributed by atoms with Gasteiger partial charge in [0.15, 0.2) is 0 Å². The summed E-state index contributed by atoms with van der Waals surface area (Å²) in [7, 11) is -3.97. The normalized spacial score (nSPS) is 15.0. The van der Waals surface area contributed by atoms with E-state index in [2.05, 4.69) is 5.32 Å². The average molecular weight is 439 g/mol. The first-order valence-electron chi connectivity index (χ1n) is 9.96.